The number of hydrogen-bond donors (Lipinski definition) is 1. The van der Waals surface area contributed by atoms with Gasteiger partial charge in [0.1, 0.15) is 0 Å². The number of rotatable bonds is 5. The summed E-state index contributed by atoms with van der Waals surface area (Å²) in [5, 5.41) is 21.8. The van der Waals surface area contributed by atoms with Gasteiger partial charge in [-0.1, -0.05) is 66.4 Å². The van der Waals surface area contributed by atoms with Crippen molar-refractivity contribution in [1.82, 2.24) is 20.2 Å². The van der Waals surface area contributed by atoms with Gasteiger partial charge in [-0.2, -0.15) is 4.80 Å². The third-order valence-electron chi connectivity index (χ3n) is 5.11. The van der Waals surface area contributed by atoms with E-state index in [9.17, 15) is 4.79 Å². The Morgan fingerprint density at radius 2 is 1.75 bits per heavy atom. The highest BCUT2D eigenvalue weighted by Gasteiger charge is 2.16. The summed E-state index contributed by atoms with van der Waals surface area (Å²) in [6, 6.07) is 24.6. The molecule has 0 aliphatic carbocycles. The van der Waals surface area contributed by atoms with Crippen LogP contribution in [0.5, 0.6) is 0 Å². The van der Waals surface area contributed by atoms with Crippen molar-refractivity contribution in [2.45, 2.75) is 25.8 Å². The van der Waals surface area contributed by atoms with E-state index < -0.39 is 5.97 Å². The van der Waals surface area contributed by atoms with Gasteiger partial charge in [-0.3, -0.25) is 0 Å². The summed E-state index contributed by atoms with van der Waals surface area (Å²) < 4.78 is 0. The Bertz CT molecular complexity index is 1300. The maximum atomic E-state index is 11.0. The van der Waals surface area contributed by atoms with Crippen molar-refractivity contribution in [3.8, 4) is 23.2 Å². The van der Waals surface area contributed by atoms with E-state index in [1.807, 2.05) is 42.5 Å². The minimum Gasteiger partial charge on any atom is -0.478 e. The molecule has 158 valence electrons. The summed E-state index contributed by atoms with van der Waals surface area (Å²) in [4.78, 5) is 12.5. The fraction of sp³-hybridized carbons (Fsp3) is 0.154. The minimum atomic E-state index is -0.951. The summed E-state index contributed by atoms with van der Waals surface area (Å²) >= 11 is 0. The molecule has 32 heavy (non-hydrogen) atoms. The Labute approximate surface area is 186 Å². The Morgan fingerprint density at radius 1 is 1.00 bits per heavy atom. The molecule has 6 nitrogen and oxygen atoms in total. The third-order valence-corrected chi connectivity index (χ3v) is 5.11. The summed E-state index contributed by atoms with van der Waals surface area (Å²) in [5.41, 5.74) is 3.75. The number of benzene rings is 3. The van der Waals surface area contributed by atoms with Gasteiger partial charge in [0.25, 0.3) is 0 Å². The molecule has 0 saturated carbocycles. The largest absolute Gasteiger partial charge is 0.478 e. The maximum absolute atomic E-state index is 11.0. The van der Waals surface area contributed by atoms with Crippen molar-refractivity contribution >= 4 is 5.97 Å². The number of hydrogen-bond acceptors (Lipinski definition) is 4. The molecule has 0 aliphatic heterocycles. The second-order valence-electron chi connectivity index (χ2n) is 7.97. The highest BCUT2D eigenvalue weighted by atomic mass is 16.4. The van der Waals surface area contributed by atoms with Crippen molar-refractivity contribution < 1.29 is 9.90 Å². The van der Waals surface area contributed by atoms with Gasteiger partial charge in [0.15, 0.2) is 0 Å². The van der Waals surface area contributed by atoms with E-state index >= 15 is 0 Å². The number of aromatic nitrogens is 4. The quantitative estimate of drug-likeness (QED) is 0.482. The van der Waals surface area contributed by atoms with E-state index in [2.05, 4.69) is 53.2 Å². The van der Waals surface area contributed by atoms with Gasteiger partial charge in [-0.05, 0) is 54.5 Å². The second kappa shape index (κ2) is 8.86. The molecule has 0 fully saturated rings. The normalized spacial score (nSPS) is 10.9. The predicted molar refractivity (Wildman–Crippen MR) is 122 cm³/mol. The molecule has 3 aromatic carbocycles. The second-order valence-corrected chi connectivity index (χ2v) is 7.97. The smallest absolute Gasteiger partial charge is 0.335 e. The predicted octanol–water partition coefficient (Wildman–Crippen LogP) is 4.42. The molecule has 0 unspecified atom stereocenters. The fourth-order valence-electron chi connectivity index (χ4n) is 3.23. The molecule has 0 saturated heterocycles. The van der Waals surface area contributed by atoms with Gasteiger partial charge in [-0.25, -0.2) is 4.79 Å². The molecule has 0 amide bonds. The molecule has 0 aliphatic rings. The van der Waals surface area contributed by atoms with Gasteiger partial charge >= 0.3 is 5.97 Å². The van der Waals surface area contributed by atoms with E-state index in [1.165, 1.54) is 10.4 Å². The molecule has 4 aromatic rings. The highest BCUT2D eigenvalue weighted by Crippen LogP contribution is 2.22. The lowest BCUT2D eigenvalue weighted by molar-refractivity contribution is 0.0697. The van der Waals surface area contributed by atoms with Crippen molar-refractivity contribution in [3.63, 3.8) is 0 Å². The zero-order valence-corrected chi connectivity index (χ0v) is 17.9. The number of carbonyl (C=O) groups is 1. The van der Waals surface area contributed by atoms with Gasteiger partial charge in [-0.15, -0.1) is 10.2 Å². The highest BCUT2D eigenvalue weighted by molar-refractivity contribution is 5.87. The summed E-state index contributed by atoms with van der Waals surface area (Å²) in [6.45, 7) is 4.61. The van der Waals surface area contributed by atoms with Crippen LogP contribution in [0.3, 0.4) is 0 Å². The molecule has 0 bridgehead atoms. The van der Waals surface area contributed by atoms with E-state index in [-0.39, 0.29) is 11.0 Å². The summed E-state index contributed by atoms with van der Waals surface area (Å²) in [5.74, 6) is 6.20. The lowest BCUT2D eigenvalue weighted by Gasteiger charge is -2.17. The van der Waals surface area contributed by atoms with E-state index in [1.54, 1.807) is 24.3 Å². The van der Waals surface area contributed by atoms with E-state index in [4.69, 9.17) is 5.11 Å². The molecule has 1 N–H and O–H groups in total. The van der Waals surface area contributed by atoms with Crippen molar-refractivity contribution in [2.24, 2.45) is 0 Å². The van der Waals surface area contributed by atoms with Crippen LogP contribution in [0.1, 0.15) is 40.9 Å². The van der Waals surface area contributed by atoms with Crippen LogP contribution < -0.4 is 0 Å². The fourth-order valence-corrected chi connectivity index (χ4v) is 3.23. The van der Waals surface area contributed by atoms with Crippen LogP contribution in [0.15, 0.2) is 78.9 Å². The Balaban J connectivity index is 1.51. The first-order chi connectivity index (χ1) is 15.4. The first-order valence-electron chi connectivity index (χ1n) is 10.2. The van der Waals surface area contributed by atoms with Crippen LogP contribution in [0.25, 0.3) is 11.4 Å². The topological polar surface area (TPSA) is 80.9 Å². The molecular weight excluding hydrogens is 400 g/mol. The molecule has 1 heterocycles. The van der Waals surface area contributed by atoms with Crippen LogP contribution in [-0.2, 0) is 12.0 Å². The van der Waals surface area contributed by atoms with Crippen LogP contribution >= 0.6 is 0 Å². The molecular formula is C26H22N4O2. The SMILES string of the molecule is CC(C)(C#Cc1cccc(-c2nnn(Cc3ccc(C(=O)O)cc3)n2)c1)c1ccccc1. The molecule has 0 atom stereocenters. The lowest BCUT2D eigenvalue weighted by Crippen LogP contribution is -2.13. The number of carboxylic acid groups (broad SMARTS) is 1. The Morgan fingerprint density at radius 3 is 2.47 bits per heavy atom. The Kier molecular flexibility index (Phi) is 5.82. The number of tetrazole rings is 1. The molecule has 0 spiro atoms. The molecule has 0 radical (unpaired) electrons. The van der Waals surface area contributed by atoms with E-state index in [0.29, 0.717) is 12.4 Å². The molecule has 6 heteroatoms. The van der Waals surface area contributed by atoms with Gasteiger partial charge in [0, 0.05) is 11.1 Å². The van der Waals surface area contributed by atoms with Crippen LogP contribution in [0, 0.1) is 11.8 Å². The van der Waals surface area contributed by atoms with Gasteiger partial charge < -0.3 is 5.11 Å². The van der Waals surface area contributed by atoms with Gasteiger partial charge in [0.2, 0.25) is 5.82 Å². The average molecular weight is 422 g/mol. The average Bonchev–Trinajstić information content (AvgIpc) is 3.27. The van der Waals surface area contributed by atoms with E-state index in [0.717, 1.165) is 16.7 Å². The number of carboxylic acids is 1. The van der Waals surface area contributed by atoms with Crippen molar-refractivity contribution in [3.05, 3.63) is 101 Å². The first kappa shape index (κ1) is 21.0. The lowest BCUT2D eigenvalue weighted by atomic mass is 9.85. The Hall–Kier alpha value is -4.24. The molecule has 4 rings (SSSR count). The zero-order valence-electron chi connectivity index (χ0n) is 17.9. The summed E-state index contributed by atoms with van der Waals surface area (Å²) in [6.07, 6.45) is 0. The van der Waals surface area contributed by atoms with Crippen LogP contribution in [-0.4, -0.2) is 31.3 Å². The minimum absolute atomic E-state index is 0.245. The summed E-state index contributed by atoms with van der Waals surface area (Å²) in [7, 11) is 0. The van der Waals surface area contributed by atoms with Crippen molar-refractivity contribution in [1.29, 1.82) is 0 Å². The third kappa shape index (κ3) is 4.90. The first-order valence-corrected chi connectivity index (χ1v) is 10.2. The number of nitrogens with zero attached hydrogens (tertiary/aromatic N) is 4. The van der Waals surface area contributed by atoms with Crippen LogP contribution in [0.4, 0.5) is 0 Å². The van der Waals surface area contributed by atoms with Crippen molar-refractivity contribution in [2.75, 3.05) is 0 Å². The zero-order chi connectivity index (χ0) is 22.6. The van der Waals surface area contributed by atoms with Crippen LogP contribution in [0.2, 0.25) is 0 Å². The maximum Gasteiger partial charge on any atom is 0.335 e. The standard InChI is InChI=1S/C26H22N4O2/c1-26(2,23-9-4-3-5-10-23)16-15-19-7-6-8-22(17-19)24-27-29-30(28-24)18-20-11-13-21(14-12-20)25(31)32/h3-14,17H,18H2,1-2H3,(H,31,32). The van der Waals surface area contributed by atoms with Gasteiger partial charge in [0.05, 0.1) is 17.5 Å². The monoisotopic (exact) mass is 422 g/mol. The number of aromatic carboxylic acids is 1. The molecule has 1 aromatic heterocycles.